The lowest BCUT2D eigenvalue weighted by Gasteiger charge is -2.11. The van der Waals surface area contributed by atoms with Gasteiger partial charge in [0.2, 0.25) is 0 Å². The molecule has 0 aromatic heterocycles. The van der Waals surface area contributed by atoms with E-state index in [0.29, 0.717) is 25.2 Å². The lowest BCUT2D eigenvalue weighted by Crippen LogP contribution is -2.33. The van der Waals surface area contributed by atoms with Gasteiger partial charge in [0.1, 0.15) is 0 Å². The van der Waals surface area contributed by atoms with Crippen molar-refractivity contribution in [3.05, 3.63) is 35.1 Å². The van der Waals surface area contributed by atoms with E-state index in [-0.39, 0.29) is 18.2 Å². The topological polar surface area (TPSA) is 64.3 Å². The van der Waals surface area contributed by atoms with E-state index in [1.54, 1.807) is 0 Å². The summed E-state index contributed by atoms with van der Waals surface area (Å²) in [7, 11) is 1.50. The van der Waals surface area contributed by atoms with Gasteiger partial charge in [-0.2, -0.15) is 0 Å². The van der Waals surface area contributed by atoms with Crippen molar-refractivity contribution in [2.24, 2.45) is 5.73 Å². The van der Waals surface area contributed by atoms with E-state index in [4.69, 9.17) is 10.5 Å². The first-order chi connectivity index (χ1) is 8.95. The molecule has 1 rings (SSSR count). The lowest BCUT2D eigenvalue weighted by molar-refractivity contribution is 0.0949. The molecule has 0 heterocycles. The number of methoxy groups -OCH3 is 1. The molecule has 0 saturated heterocycles. The summed E-state index contributed by atoms with van der Waals surface area (Å²) in [5.74, 6) is -5.09. The maximum Gasteiger partial charge on any atom is 0.251 e. The van der Waals surface area contributed by atoms with Gasteiger partial charge in [-0.1, -0.05) is 0 Å². The van der Waals surface area contributed by atoms with E-state index < -0.39 is 23.4 Å². The van der Waals surface area contributed by atoms with Gasteiger partial charge >= 0.3 is 0 Å². The van der Waals surface area contributed by atoms with Crippen LogP contribution in [0.1, 0.15) is 16.8 Å². The third-order valence-corrected chi connectivity index (χ3v) is 2.43. The van der Waals surface area contributed by atoms with Crippen molar-refractivity contribution in [2.45, 2.75) is 12.5 Å². The van der Waals surface area contributed by atoms with Crippen LogP contribution in [0.25, 0.3) is 0 Å². The predicted octanol–water partition coefficient (Wildman–Crippen LogP) is 1.20. The van der Waals surface area contributed by atoms with Crippen LogP contribution in [0.2, 0.25) is 0 Å². The van der Waals surface area contributed by atoms with Gasteiger partial charge < -0.3 is 15.8 Å². The highest BCUT2D eigenvalue weighted by Gasteiger charge is 2.14. The zero-order valence-corrected chi connectivity index (χ0v) is 10.4. The second-order valence-corrected chi connectivity index (χ2v) is 4.01. The van der Waals surface area contributed by atoms with Gasteiger partial charge in [0.05, 0.1) is 6.61 Å². The van der Waals surface area contributed by atoms with Crippen LogP contribution in [0.3, 0.4) is 0 Å². The van der Waals surface area contributed by atoms with E-state index >= 15 is 0 Å². The van der Waals surface area contributed by atoms with Crippen LogP contribution in [0.5, 0.6) is 0 Å². The maximum absolute atomic E-state index is 12.9. The Labute approximate surface area is 108 Å². The lowest BCUT2D eigenvalue weighted by atomic mass is 10.2. The molecule has 0 aliphatic rings. The highest BCUT2D eigenvalue weighted by Crippen LogP contribution is 2.13. The smallest absolute Gasteiger partial charge is 0.251 e. The average Bonchev–Trinajstić information content (AvgIpc) is 2.35. The molecule has 0 spiro atoms. The van der Waals surface area contributed by atoms with Gasteiger partial charge in [0, 0.05) is 25.3 Å². The SMILES string of the molecule is COCC(N)CCNC(=O)c1cc(F)c(F)c(F)c1. The molecule has 19 heavy (non-hydrogen) atoms. The number of nitrogens with one attached hydrogen (secondary N) is 1. The molecule has 0 saturated carbocycles. The highest BCUT2D eigenvalue weighted by molar-refractivity contribution is 5.94. The third-order valence-electron chi connectivity index (χ3n) is 2.43. The summed E-state index contributed by atoms with van der Waals surface area (Å²) in [6, 6.07) is 1.04. The minimum Gasteiger partial charge on any atom is -0.383 e. The van der Waals surface area contributed by atoms with Crippen LogP contribution in [-0.2, 0) is 4.74 Å². The summed E-state index contributed by atoms with van der Waals surface area (Å²) >= 11 is 0. The fourth-order valence-electron chi connectivity index (χ4n) is 1.46. The Morgan fingerprint density at radius 2 is 1.95 bits per heavy atom. The fraction of sp³-hybridized carbons (Fsp3) is 0.417. The summed E-state index contributed by atoms with van der Waals surface area (Å²) in [6.07, 6.45) is 0.450. The zero-order chi connectivity index (χ0) is 14.4. The van der Waals surface area contributed by atoms with Crippen LogP contribution in [-0.4, -0.2) is 32.2 Å². The quantitative estimate of drug-likeness (QED) is 0.767. The Morgan fingerprint density at radius 3 is 2.47 bits per heavy atom. The molecule has 7 heteroatoms. The standard InChI is InChI=1S/C12H15F3N2O2/c1-19-6-8(16)2-3-17-12(18)7-4-9(13)11(15)10(14)5-7/h4-5,8H,2-3,6,16H2,1H3,(H,17,18). The number of carbonyl (C=O) groups excluding carboxylic acids is 1. The summed E-state index contributed by atoms with van der Waals surface area (Å²) < 4.78 is 43.4. The van der Waals surface area contributed by atoms with Crippen LogP contribution >= 0.6 is 0 Å². The van der Waals surface area contributed by atoms with Crippen LogP contribution in [0.4, 0.5) is 13.2 Å². The molecule has 0 fully saturated rings. The second kappa shape index (κ2) is 7.10. The molecule has 1 atom stereocenters. The van der Waals surface area contributed by atoms with Gasteiger partial charge in [-0.3, -0.25) is 4.79 Å². The summed E-state index contributed by atoms with van der Waals surface area (Å²) in [4.78, 5) is 11.6. The molecule has 1 unspecified atom stereocenters. The molecule has 0 aliphatic heterocycles. The predicted molar refractivity (Wildman–Crippen MR) is 63.1 cm³/mol. The normalized spacial score (nSPS) is 12.3. The van der Waals surface area contributed by atoms with E-state index in [1.807, 2.05) is 0 Å². The molecule has 1 aromatic rings. The molecule has 0 bridgehead atoms. The first-order valence-electron chi connectivity index (χ1n) is 5.63. The van der Waals surface area contributed by atoms with E-state index in [0.717, 1.165) is 0 Å². The van der Waals surface area contributed by atoms with Gasteiger partial charge in [0.15, 0.2) is 17.5 Å². The number of hydrogen-bond donors (Lipinski definition) is 2. The van der Waals surface area contributed by atoms with Crippen molar-refractivity contribution in [2.75, 3.05) is 20.3 Å². The first kappa shape index (κ1) is 15.5. The highest BCUT2D eigenvalue weighted by atomic mass is 19.2. The molecule has 1 aromatic carbocycles. The number of ether oxygens (including phenoxy) is 1. The van der Waals surface area contributed by atoms with Crippen molar-refractivity contribution < 1.29 is 22.7 Å². The summed E-state index contributed by atoms with van der Waals surface area (Å²) in [5.41, 5.74) is 5.35. The van der Waals surface area contributed by atoms with Crippen molar-refractivity contribution >= 4 is 5.91 Å². The van der Waals surface area contributed by atoms with Crippen LogP contribution in [0.15, 0.2) is 12.1 Å². The van der Waals surface area contributed by atoms with Crippen molar-refractivity contribution in [3.63, 3.8) is 0 Å². The van der Waals surface area contributed by atoms with Gasteiger partial charge in [-0.05, 0) is 18.6 Å². The number of amides is 1. The molecular weight excluding hydrogens is 261 g/mol. The molecular formula is C12H15F3N2O2. The molecule has 1 amide bonds. The first-order valence-corrected chi connectivity index (χ1v) is 5.63. The van der Waals surface area contributed by atoms with E-state index in [2.05, 4.69) is 5.32 Å². The Morgan fingerprint density at radius 1 is 1.37 bits per heavy atom. The molecule has 4 nitrogen and oxygen atoms in total. The van der Waals surface area contributed by atoms with E-state index in [9.17, 15) is 18.0 Å². The maximum atomic E-state index is 12.9. The van der Waals surface area contributed by atoms with Crippen LogP contribution in [0, 0.1) is 17.5 Å². The molecule has 3 N–H and O–H groups in total. The molecule has 106 valence electrons. The Hall–Kier alpha value is -1.60. The van der Waals surface area contributed by atoms with Crippen LogP contribution < -0.4 is 11.1 Å². The average molecular weight is 276 g/mol. The molecule has 0 radical (unpaired) electrons. The Bertz CT molecular complexity index is 432. The Kier molecular flexibility index (Phi) is 5.78. The number of carbonyl (C=O) groups is 1. The van der Waals surface area contributed by atoms with Crippen molar-refractivity contribution in [1.29, 1.82) is 0 Å². The zero-order valence-electron chi connectivity index (χ0n) is 10.4. The second-order valence-electron chi connectivity index (χ2n) is 4.01. The van der Waals surface area contributed by atoms with Crippen molar-refractivity contribution in [3.8, 4) is 0 Å². The fourth-order valence-corrected chi connectivity index (χ4v) is 1.46. The van der Waals surface area contributed by atoms with Crippen molar-refractivity contribution in [1.82, 2.24) is 5.32 Å². The third kappa shape index (κ3) is 4.53. The minimum atomic E-state index is -1.60. The largest absolute Gasteiger partial charge is 0.383 e. The Balaban J connectivity index is 2.55. The van der Waals surface area contributed by atoms with Gasteiger partial charge in [0.25, 0.3) is 5.91 Å². The van der Waals surface area contributed by atoms with Gasteiger partial charge in [-0.25, -0.2) is 13.2 Å². The number of nitrogens with two attached hydrogens (primary N) is 1. The number of benzene rings is 1. The number of rotatable bonds is 6. The minimum absolute atomic E-state index is 0.226. The van der Waals surface area contributed by atoms with E-state index in [1.165, 1.54) is 7.11 Å². The summed E-state index contributed by atoms with van der Waals surface area (Å²) in [5, 5.41) is 2.43. The summed E-state index contributed by atoms with van der Waals surface area (Å²) in [6.45, 7) is 0.569. The molecule has 0 aliphatic carbocycles. The monoisotopic (exact) mass is 276 g/mol. The number of halogens is 3. The number of hydrogen-bond acceptors (Lipinski definition) is 3. The van der Waals surface area contributed by atoms with Gasteiger partial charge in [-0.15, -0.1) is 0 Å².